The molecule has 0 unspecified atom stereocenters. The summed E-state index contributed by atoms with van der Waals surface area (Å²) < 4.78 is 47.2. The second kappa shape index (κ2) is 8.21. The molecule has 2 aromatic heterocycles. The molecule has 0 radical (unpaired) electrons. The third-order valence-electron chi connectivity index (χ3n) is 4.56. The smallest absolute Gasteiger partial charge is 0.264 e. The van der Waals surface area contributed by atoms with Crippen molar-refractivity contribution in [2.75, 3.05) is 10.0 Å². The van der Waals surface area contributed by atoms with Crippen LogP contribution < -0.4 is 10.0 Å². The van der Waals surface area contributed by atoms with Crippen molar-refractivity contribution in [3.8, 4) is 0 Å². The van der Waals surface area contributed by atoms with Crippen LogP contribution in [0.25, 0.3) is 11.1 Å². The highest BCUT2D eigenvalue weighted by Gasteiger charge is 2.22. The number of rotatable bonds is 5. The molecule has 11 heteroatoms. The van der Waals surface area contributed by atoms with E-state index in [9.17, 15) is 17.6 Å². The first-order valence-corrected chi connectivity index (χ1v) is 11.1. The quantitative estimate of drug-likeness (QED) is 0.434. The summed E-state index contributed by atoms with van der Waals surface area (Å²) in [4.78, 5) is 16.5. The zero-order valence-corrected chi connectivity index (χ0v) is 18.4. The molecule has 0 aliphatic heterocycles. The summed E-state index contributed by atoms with van der Waals surface area (Å²) in [5.74, 6) is -1.52. The van der Waals surface area contributed by atoms with Gasteiger partial charge in [0.15, 0.2) is 0 Å². The van der Waals surface area contributed by atoms with Gasteiger partial charge in [-0.2, -0.15) is 0 Å². The Balaban J connectivity index is 1.65. The average molecular weight is 475 g/mol. The maximum atomic E-state index is 14.4. The first kappa shape index (κ1) is 21.7. The summed E-state index contributed by atoms with van der Waals surface area (Å²) in [5, 5.41) is 7.28. The summed E-state index contributed by atoms with van der Waals surface area (Å²) in [7, 11) is -4.27. The van der Waals surface area contributed by atoms with Gasteiger partial charge in [0.2, 0.25) is 0 Å². The van der Waals surface area contributed by atoms with Crippen LogP contribution in [0.15, 0.2) is 57.9 Å². The minimum atomic E-state index is -4.27. The average Bonchev–Trinajstić information content (AvgIpc) is 3.10. The van der Waals surface area contributed by atoms with Crippen molar-refractivity contribution in [3.05, 3.63) is 76.3 Å². The van der Waals surface area contributed by atoms with Gasteiger partial charge in [-0.05, 0) is 62.4 Å². The maximum Gasteiger partial charge on any atom is 0.264 e. The number of sulfonamides is 1. The topological polar surface area (TPSA) is 114 Å². The minimum absolute atomic E-state index is 0.0876. The molecule has 32 heavy (non-hydrogen) atoms. The lowest BCUT2D eigenvalue weighted by Crippen LogP contribution is -2.17. The molecule has 4 aromatic rings. The van der Waals surface area contributed by atoms with Crippen LogP contribution in [0.3, 0.4) is 0 Å². The van der Waals surface area contributed by atoms with Crippen LogP contribution in [0.2, 0.25) is 5.02 Å². The Bertz CT molecular complexity index is 1450. The number of fused-ring (bicyclic) bond motifs is 1. The lowest BCUT2D eigenvalue weighted by atomic mass is 10.1. The van der Waals surface area contributed by atoms with E-state index in [0.29, 0.717) is 21.8 Å². The molecule has 0 spiro atoms. The number of anilines is 2. The molecule has 164 valence electrons. The van der Waals surface area contributed by atoms with E-state index in [1.54, 1.807) is 19.9 Å². The number of aryl methyl sites for hydroxylation is 2. The molecule has 0 atom stereocenters. The van der Waals surface area contributed by atoms with Crippen molar-refractivity contribution in [1.82, 2.24) is 10.1 Å². The van der Waals surface area contributed by atoms with Crippen molar-refractivity contribution in [1.29, 1.82) is 0 Å². The zero-order valence-electron chi connectivity index (χ0n) is 16.8. The Morgan fingerprint density at radius 2 is 1.75 bits per heavy atom. The van der Waals surface area contributed by atoms with E-state index in [-0.39, 0.29) is 22.7 Å². The Kier molecular flexibility index (Phi) is 5.57. The Morgan fingerprint density at radius 1 is 1.06 bits per heavy atom. The predicted octanol–water partition coefficient (Wildman–Crippen LogP) is 4.69. The monoisotopic (exact) mass is 474 g/mol. The largest absolute Gasteiger partial charge is 0.336 e. The molecule has 0 saturated carbocycles. The summed E-state index contributed by atoms with van der Waals surface area (Å²) in [6, 6.07) is 10.7. The zero-order chi connectivity index (χ0) is 23.0. The van der Waals surface area contributed by atoms with E-state index in [2.05, 4.69) is 20.2 Å². The minimum Gasteiger partial charge on any atom is -0.336 e. The van der Waals surface area contributed by atoms with Crippen molar-refractivity contribution in [2.45, 2.75) is 18.7 Å². The first-order valence-electron chi connectivity index (χ1n) is 9.27. The van der Waals surface area contributed by atoms with Crippen LogP contribution in [-0.2, 0) is 10.0 Å². The highest BCUT2D eigenvalue weighted by Crippen LogP contribution is 2.26. The maximum absolute atomic E-state index is 14.4. The fraction of sp³-hybridized carbons (Fsp3) is 0.0952. The van der Waals surface area contributed by atoms with E-state index in [4.69, 9.17) is 16.1 Å². The second-order valence-electron chi connectivity index (χ2n) is 6.97. The summed E-state index contributed by atoms with van der Waals surface area (Å²) in [6.07, 6.45) is 0. The normalized spacial score (nSPS) is 11.5. The SMILES string of the molecule is Cc1cc(C(=O)Nc2ccc(F)c(S(=O)(=O)Nc3ccc(Cl)cc3)c2)c2c(C)noc2n1. The Morgan fingerprint density at radius 3 is 2.47 bits per heavy atom. The first-order chi connectivity index (χ1) is 15.1. The van der Waals surface area contributed by atoms with E-state index in [1.807, 2.05) is 0 Å². The number of nitrogens with zero attached hydrogens (tertiary/aromatic N) is 2. The summed E-state index contributed by atoms with van der Waals surface area (Å²) in [5.41, 5.74) is 1.77. The molecule has 2 aromatic carbocycles. The van der Waals surface area contributed by atoms with Crippen LogP contribution in [0.4, 0.5) is 15.8 Å². The van der Waals surface area contributed by atoms with E-state index in [1.165, 1.54) is 30.3 Å². The summed E-state index contributed by atoms with van der Waals surface area (Å²) >= 11 is 5.80. The van der Waals surface area contributed by atoms with Gasteiger partial charge in [-0.25, -0.2) is 17.8 Å². The molecule has 1 amide bonds. The molecule has 0 fully saturated rings. The number of carbonyl (C=O) groups is 1. The number of aromatic nitrogens is 2. The van der Waals surface area contributed by atoms with E-state index in [0.717, 1.165) is 12.1 Å². The standard InChI is InChI=1S/C21H16ClFN4O4S/c1-11-9-16(19-12(2)26-31-21(19)24-11)20(28)25-15-7-8-17(23)18(10-15)32(29,30)27-14-5-3-13(22)4-6-14/h3-10,27H,1-2H3,(H,25,28). The summed E-state index contributed by atoms with van der Waals surface area (Å²) in [6.45, 7) is 3.36. The highest BCUT2D eigenvalue weighted by atomic mass is 35.5. The van der Waals surface area contributed by atoms with Crippen molar-refractivity contribution in [3.63, 3.8) is 0 Å². The van der Waals surface area contributed by atoms with Gasteiger partial charge >= 0.3 is 0 Å². The van der Waals surface area contributed by atoms with Crippen molar-refractivity contribution >= 4 is 50.0 Å². The fourth-order valence-electron chi connectivity index (χ4n) is 3.11. The molecule has 0 aliphatic carbocycles. The van der Waals surface area contributed by atoms with Crippen LogP contribution >= 0.6 is 11.6 Å². The van der Waals surface area contributed by atoms with Crippen LogP contribution in [0.1, 0.15) is 21.7 Å². The number of pyridine rings is 1. The Labute approximate surface area is 187 Å². The van der Waals surface area contributed by atoms with Crippen LogP contribution in [0, 0.1) is 19.7 Å². The van der Waals surface area contributed by atoms with Crippen molar-refractivity contribution in [2.24, 2.45) is 0 Å². The number of amides is 1. The van der Waals surface area contributed by atoms with Gasteiger partial charge < -0.3 is 9.84 Å². The lowest BCUT2D eigenvalue weighted by Gasteiger charge is -2.12. The highest BCUT2D eigenvalue weighted by molar-refractivity contribution is 7.92. The third kappa shape index (κ3) is 4.27. The predicted molar refractivity (Wildman–Crippen MR) is 118 cm³/mol. The number of halogens is 2. The molecule has 2 heterocycles. The molecule has 4 rings (SSSR count). The van der Waals surface area contributed by atoms with Crippen molar-refractivity contribution < 1.29 is 22.1 Å². The van der Waals surface area contributed by atoms with Gasteiger partial charge in [0.1, 0.15) is 10.7 Å². The van der Waals surface area contributed by atoms with Crippen LogP contribution in [0.5, 0.6) is 0 Å². The molecule has 0 saturated heterocycles. The number of hydrogen-bond donors (Lipinski definition) is 2. The number of benzene rings is 2. The van der Waals surface area contributed by atoms with Gasteiger partial charge in [0.25, 0.3) is 21.6 Å². The second-order valence-corrected chi connectivity index (χ2v) is 9.06. The molecule has 8 nitrogen and oxygen atoms in total. The van der Waals surface area contributed by atoms with Gasteiger partial charge in [0.05, 0.1) is 16.6 Å². The number of hydrogen-bond acceptors (Lipinski definition) is 6. The van der Waals surface area contributed by atoms with Gasteiger partial charge in [-0.15, -0.1) is 0 Å². The molecule has 0 aliphatic rings. The van der Waals surface area contributed by atoms with Gasteiger partial charge in [-0.3, -0.25) is 9.52 Å². The molecule has 0 bridgehead atoms. The van der Waals surface area contributed by atoms with E-state index >= 15 is 0 Å². The van der Waals surface area contributed by atoms with Gasteiger partial charge in [-0.1, -0.05) is 16.8 Å². The Hall–Kier alpha value is -3.50. The number of carbonyl (C=O) groups excluding carboxylic acids is 1. The van der Waals surface area contributed by atoms with Crippen LogP contribution in [-0.4, -0.2) is 24.5 Å². The molecule has 2 N–H and O–H groups in total. The molecular formula is C21H16ClFN4O4S. The molecular weight excluding hydrogens is 459 g/mol. The fourth-order valence-corrected chi connectivity index (χ4v) is 4.40. The third-order valence-corrected chi connectivity index (χ3v) is 6.21. The van der Waals surface area contributed by atoms with E-state index < -0.39 is 26.6 Å². The van der Waals surface area contributed by atoms with Gasteiger partial charge in [0, 0.05) is 22.1 Å². The number of nitrogens with one attached hydrogen (secondary N) is 2. The lowest BCUT2D eigenvalue weighted by molar-refractivity contribution is 0.102.